The lowest BCUT2D eigenvalue weighted by Crippen LogP contribution is -2.44. The van der Waals surface area contributed by atoms with Crippen molar-refractivity contribution in [3.8, 4) is 0 Å². The van der Waals surface area contributed by atoms with Crippen molar-refractivity contribution in [1.29, 1.82) is 0 Å². The lowest BCUT2D eigenvalue weighted by molar-refractivity contribution is -0.385. The number of nitro benzene ring substituents is 1. The Morgan fingerprint density at radius 1 is 1.47 bits per heavy atom. The van der Waals surface area contributed by atoms with Crippen LogP contribution in [-0.2, 0) is 0 Å². The van der Waals surface area contributed by atoms with Gasteiger partial charge in [0, 0.05) is 35.3 Å². The highest BCUT2D eigenvalue weighted by atomic mass is 32.2. The highest BCUT2D eigenvalue weighted by Crippen LogP contribution is 2.31. The van der Waals surface area contributed by atoms with Gasteiger partial charge in [-0.15, -0.1) is 0 Å². The maximum Gasteiger partial charge on any atom is 0.280 e. The van der Waals surface area contributed by atoms with Gasteiger partial charge in [0.2, 0.25) is 0 Å². The van der Waals surface area contributed by atoms with Crippen LogP contribution < -0.4 is 4.90 Å². The molecule has 0 aliphatic carbocycles. The monoisotopic (exact) mass is 280 g/mol. The van der Waals surface area contributed by atoms with Crippen molar-refractivity contribution in [3.05, 3.63) is 33.9 Å². The van der Waals surface area contributed by atoms with E-state index in [2.05, 4.69) is 18.7 Å². The van der Waals surface area contributed by atoms with Crippen molar-refractivity contribution in [3.63, 3.8) is 0 Å². The van der Waals surface area contributed by atoms with Gasteiger partial charge in [-0.2, -0.15) is 11.8 Å². The lowest BCUT2D eigenvalue weighted by Gasteiger charge is -2.39. The predicted molar refractivity (Wildman–Crippen MR) is 77.2 cm³/mol. The summed E-state index contributed by atoms with van der Waals surface area (Å²) in [6.45, 7) is 5.21. The molecule has 0 aromatic heterocycles. The van der Waals surface area contributed by atoms with Crippen LogP contribution in [0.15, 0.2) is 18.2 Å². The zero-order valence-corrected chi connectivity index (χ0v) is 11.7. The standard InChI is InChI=1S/C13H16N2O3S/c1-9-10(2)19-6-5-14(9)12-3-4-13(15(17)18)11(7-12)8-16/h3-4,7-10H,5-6H2,1-2H3. The van der Waals surface area contributed by atoms with Crippen LogP contribution in [0.25, 0.3) is 0 Å². The Labute approximate surface area is 116 Å². The maximum atomic E-state index is 11.0. The number of rotatable bonds is 3. The van der Waals surface area contributed by atoms with Gasteiger partial charge in [-0.25, -0.2) is 0 Å². The average molecular weight is 280 g/mol. The van der Waals surface area contributed by atoms with Crippen LogP contribution in [0.5, 0.6) is 0 Å². The third-order valence-corrected chi connectivity index (χ3v) is 4.89. The zero-order chi connectivity index (χ0) is 14.0. The number of aldehydes is 1. The number of nitro groups is 1. The highest BCUT2D eigenvalue weighted by molar-refractivity contribution is 8.00. The molecular formula is C13H16N2O3S. The summed E-state index contributed by atoms with van der Waals surface area (Å²) in [4.78, 5) is 23.5. The normalized spacial score (nSPS) is 23.2. The first-order chi connectivity index (χ1) is 9.04. The van der Waals surface area contributed by atoms with Crippen LogP contribution in [0.3, 0.4) is 0 Å². The van der Waals surface area contributed by atoms with Crippen LogP contribution in [0, 0.1) is 10.1 Å². The van der Waals surface area contributed by atoms with Crippen molar-refractivity contribution in [2.45, 2.75) is 25.1 Å². The molecule has 1 aliphatic rings. The fraction of sp³-hybridized carbons (Fsp3) is 0.462. The molecular weight excluding hydrogens is 264 g/mol. The van der Waals surface area contributed by atoms with Gasteiger partial charge < -0.3 is 4.90 Å². The van der Waals surface area contributed by atoms with E-state index < -0.39 is 4.92 Å². The first-order valence-electron chi connectivity index (χ1n) is 6.16. The fourth-order valence-corrected chi connectivity index (χ4v) is 3.38. The summed E-state index contributed by atoms with van der Waals surface area (Å²) >= 11 is 1.92. The number of anilines is 1. The molecule has 1 heterocycles. The van der Waals surface area contributed by atoms with Gasteiger partial charge in [-0.3, -0.25) is 14.9 Å². The number of thioether (sulfide) groups is 1. The van der Waals surface area contributed by atoms with Crippen molar-refractivity contribution < 1.29 is 9.72 Å². The van der Waals surface area contributed by atoms with Gasteiger partial charge in [0.1, 0.15) is 0 Å². The molecule has 2 unspecified atom stereocenters. The first-order valence-corrected chi connectivity index (χ1v) is 7.21. The van der Waals surface area contributed by atoms with Crippen LogP contribution in [0.2, 0.25) is 0 Å². The Morgan fingerprint density at radius 3 is 2.84 bits per heavy atom. The molecule has 0 N–H and O–H groups in total. The molecule has 1 aromatic carbocycles. The topological polar surface area (TPSA) is 63.4 Å². The van der Waals surface area contributed by atoms with E-state index in [1.165, 1.54) is 6.07 Å². The van der Waals surface area contributed by atoms with Gasteiger partial charge in [0.15, 0.2) is 6.29 Å². The second-order valence-corrected chi connectivity index (χ2v) is 6.11. The highest BCUT2D eigenvalue weighted by Gasteiger charge is 2.26. The summed E-state index contributed by atoms with van der Waals surface area (Å²) in [5.74, 6) is 1.03. The van der Waals surface area contributed by atoms with E-state index in [4.69, 9.17) is 0 Å². The molecule has 2 atom stereocenters. The van der Waals surface area contributed by atoms with Gasteiger partial charge in [0.25, 0.3) is 5.69 Å². The number of nitrogens with zero attached hydrogens (tertiary/aromatic N) is 2. The third kappa shape index (κ3) is 2.73. The summed E-state index contributed by atoms with van der Waals surface area (Å²) in [6.07, 6.45) is 0.550. The second kappa shape index (κ2) is 5.61. The molecule has 1 fully saturated rings. The molecule has 19 heavy (non-hydrogen) atoms. The summed E-state index contributed by atoms with van der Waals surface area (Å²) in [7, 11) is 0. The van der Waals surface area contributed by atoms with E-state index in [1.807, 2.05) is 11.8 Å². The van der Waals surface area contributed by atoms with Gasteiger partial charge in [0.05, 0.1) is 10.5 Å². The molecule has 1 saturated heterocycles. The molecule has 0 bridgehead atoms. The fourth-order valence-electron chi connectivity index (χ4n) is 2.28. The van der Waals surface area contributed by atoms with Crippen LogP contribution >= 0.6 is 11.8 Å². The number of hydrogen-bond acceptors (Lipinski definition) is 5. The predicted octanol–water partition coefficient (Wildman–Crippen LogP) is 2.74. The minimum Gasteiger partial charge on any atom is -0.367 e. The van der Waals surface area contributed by atoms with Crippen LogP contribution in [-0.4, -0.2) is 34.8 Å². The third-order valence-electron chi connectivity index (χ3n) is 3.55. The van der Waals surface area contributed by atoms with Gasteiger partial charge >= 0.3 is 0 Å². The van der Waals surface area contributed by atoms with E-state index in [9.17, 15) is 14.9 Å². The molecule has 1 aromatic rings. The summed E-state index contributed by atoms with van der Waals surface area (Å²) in [5.41, 5.74) is 0.888. The maximum absolute atomic E-state index is 11.0. The molecule has 0 spiro atoms. The van der Waals surface area contributed by atoms with Crippen molar-refractivity contribution in [2.75, 3.05) is 17.2 Å². The molecule has 0 amide bonds. The Balaban J connectivity index is 2.35. The SMILES string of the molecule is CC1SCCN(c2ccc([N+](=O)[O-])c(C=O)c2)C1C. The summed E-state index contributed by atoms with van der Waals surface area (Å²) < 4.78 is 0. The number of carbonyl (C=O) groups excluding carboxylic acids is 1. The van der Waals surface area contributed by atoms with E-state index in [0.717, 1.165) is 18.0 Å². The van der Waals surface area contributed by atoms with E-state index in [1.54, 1.807) is 12.1 Å². The molecule has 0 radical (unpaired) electrons. The lowest BCUT2D eigenvalue weighted by atomic mass is 10.1. The van der Waals surface area contributed by atoms with E-state index >= 15 is 0 Å². The largest absolute Gasteiger partial charge is 0.367 e. The Bertz CT molecular complexity index is 507. The quantitative estimate of drug-likeness (QED) is 0.484. The van der Waals surface area contributed by atoms with Crippen LogP contribution in [0.4, 0.5) is 11.4 Å². The van der Waals surface area contributed by atoms with Gasteiger partial charge in [-0.05, 0) is 19.1 Å². The molecule has 2 rings (SSSR count). The molecule has 6 heteroatoms. The number of carbonyl (C=O) groups is 1. The minimum absolute atomic E-state index is 0.133. The Kier molecular flexibility index (Phi) is 4.09. The van der Waals surface area contributed by atoms with Crippen molar-refractivity contribution in [1.82, 2.24) is 0 Å². The molecule has 5 nitrogen and oxygen atoms in total. The molecule has 1 aliphatic heterocycles. The summed E-state index contributed by atoms with van der Waals surface area (Å²) in [6, 6.07) is 5.10. The average Bonchev–Trinajstić information content (AvgIpc) is 2.41. The smallest absolute Gasteiger partial charge is 0.280 e. The van der Waals surface area contributed by atoms with E-state index in [-0.39, 0.29) is 11.3 Å². The Morgan fingerprint density at radius 2 is 2.21 bits per heavy atom. The zero-order valence-electron chi connectivity index (χ0n) is 10.9. The van der Waals surface area contributed by atoms with Gasteiger partial charge in [-0.1, -0.05) is 6.92 Å². The molecule has 0 saturated carbocycles. The molecule has 102 valence electrons. The van der Waals surface area contributed by atoms with Crippen LogP contribution in [0.1, 0.15) is 24.2 Å². The second-order valence-electron chi connectivity index (χ2n) is 4.63. The summed E-state index contributed by atoms with van der Waals surface area (Å²) in [5, 5.41) is 11.3. The Hall–Kier alpha value is -1.56. The van der Waals surface area contributed by atoms with E-state index in [0.29, 0.717) is 17.6 Å². The number of hydrogen-bond donors (Lipinski definition) is 0. The van der Waals surface area contributed by atoms with Crippen molar-refractivity contribution >= 4 is 29.4 Å². The first kappa shape index (κ1) is 13.9. The van der Waals surface area contributed by atoms with Crippen molar-refractivity contribution in [2.24, 2.45) is 0 Å². The minimum atomic E-state index is -0.522. The number of benzene rings is 1.